The van der Waals surface area contributed by atoms with E-state index in [9.17, 15) is 9.59 Å². The number of carbonyl (C=O) groups is 1. The molecule has 4 nitrogen and oxygen atoms in total. The lowest BCUT2D eigenvalue weighted by molar-refractivity contribution is -0.132. The number of carboxylic acid groups (broad SMARTS) is 1. The minimum absolute atomic E-state index is 0.0355. The highest BCUT2D eigenvalue weighted by Gasteiger charge is 2.08. The van der Waals surface area contributed by atoms with Crippen molar-refractivity contribution < 1.29 is 9.90 Å². The second-order valence-corrected chi connectivity index (χ2v) is 4.62. The Morgan fingerprint density at radius 2 is 2.13 bits per heavy atom. The molecular weight excluding hydrogens is 330 g/mol. The van der Waals surface area contributed by atoms with Crippen LogP contribution in [0.15, 0.2) is 38.2 Å². The lowest BCUT2D eigenvalue weighted by atomic mass is 10.3. The van der Waals surface area contributed by atoms with Crippen molar-refractivity contribution in [3.63, 3.8) is 0 Å². The molecule has 80 valence electrons. The largest absolute Gasteiger partial charge is 0.478 e. The van der Waals surface area contributed by atoms with E-state index in [1.165, 1.54) is 10.8 Å². The van der Waals surface area contributed by atoms with Gasteiger partial charge in [0.2, 0.25) is 0 Å². The summed E-state index contributed by atoms with van der Waals surface area (Å²) < 4.78 is 2.33. The Balaban J connectivity index is 3.11. The van der Waals surface area contributed by atoms with Gasteiger partial charge in [-0.1, -0.05) is 6.58 Å². The monoisotopic (exact) mass is 335 g/mol. The van der Waals surface area contributed by atoms with Gasteiger partial charge in [0, 0.05) is 16.2 Å². The number of nitrogens with zero attached hydrogens (tertiary/aromatic N) is 1. The van der Waals surface area contributed by atoms with E-state index in [2.05, 4.69) is 38.4 Å². The molecule has 1 rings (SSSR count). The summed E-state index contributed by atoms with van der Waals surface area (Å²) in [6, 6.07) is 1.60. The third-order valence-electron chi connectivity index (χ3n) is 1.67. The van der Waals surface area contributed by atoms with Crippen LogP contribution in [0.2, 0.25) is 0 Å². The van der Waals surface area contributed by atoms with E-state index in [4.69, 9.17) is 5.11 Å². The van der Waals surface area contributed by atoms with E-state index in [0.717, 1.165) is 0 Å². The first-order chi connectivity index (χ1) is 6.91. The number of rotatable bonds is 3. The topological polar surface area (TPSA) is 59.3 Å². The van der Waals surface area contributed by atoms with Crippen molar-refractivity contribution in [2.24, 2.45) is 0 Å². The summed E-state index contributed by atoms with van der Waals surface area (Å²) in [7, 11) is 0. The maximum atomic E-state index is 11.5. The van der Waals surface area contributed by atoms with Crippen LogP contribution in [0.3, 0.4) is 0 Å². The Bertz CT molecular complexity index is 479. The minimum Gasteiger partial charge on any atom is -0.478 e. The molecule has 1 aromatic heterocycles. The lowest BCUT2D eigenvalue weighted by Gasteiger charge is -2.06. The number of aliphatic carboxylic acids is 1. The van der Waals surface area contributed by atoms with E-state index in [0.29, 0.717) is 8.95 Å². The van der Waals surface area contributed by atoms with Crippen LogP contribution in [-0.2, 0) is 11.3 Å². The van der Waals surface area contributed by atoms with Crippen molar-refractivity contribution in [2.45, 2.75) is 6.54 Å². The fourth-order valence-corrected chi connectivity index (χ4v) is 2.21. The molecule has 0 spiro atoms. The molecule has 0 atom stereocenters. The Hall–Kier alpha value is -0.880. The lowest BCUT2D eigenvalue weighted by Crippen LogP contribution is -2.22. The van der Waals surface area contributed by atoms with E-state index < -0.39 is 5.97 Å². The van der Waals surface area contributed by atoms with Gasteiger partial charge in [-0.25, -0.2) is 4.79 Å². The molecule has 0 radical (unpaired) electrons. The average molecular weight is 337 g/mol. The van der Waals surface area contributed by atoms with Crippen molar-refractivity contribution in [3.05, 3.63) is 43.7 Å². The molecule has 15 heavy (non-hydrogen) atoms. The highest BCUT2D eigenvalue weighted by atomic mass is 79.9. The fraction of sp³-hybridized carbons (Fsp3) is 0.111. The Labute approximate surface area is 102 Å². The summed E-state index contributed by atoms with van der Waals surface area (Å²) in [5.74, 6) is -1.11. The molecule has 0 saturated carbocycles. The van der Waals surface area contributed by atoms with Crippen molar-refractivity contribution in [2.75, 3.05) is 0 Å². The van der Waals surface area contributed by atoms with Gasteiger partial charge < -0.3 is 9.67 Å². The number of pyridine rings is 1. The first-order valence-electron chi connectivity index (χ1n) is 3.88. The maximum Gasteiger partial charge on any atom is 0.332 e. The summed E-state index contributed by atoms with van der Waals surface area (Å²) in [5.41, 5.74) is -0.331. The maximum absolute atomic E-state index is 11.5. The molecule has 1 aromatic rings. The smallest absolute Gasteiger partial charge is 0.332 e. The molecule has 0 aliphatic heterocycles. The number of carboxylic acids is 1. The molecule has 0 bridgehead atoms. The highest BCUT2D eigenvalue weighted by molar-refractivity contribution is 9.11. The Morgan fingerprint density at radius 1 is 1.53 bits per heavy atom. The molecular formula is C9H7Br2NO3. The average Bonchev–Trinajstić information content (AvgIpc) is 2.13. The van der Waals surface area contributed by atoms with E-state index in [-0.39, 0.29) is 17.7 Å². The van der Waals surface area contributed by atoms with Crippen LogP contribution in [-0.4, -0.2) is 15.6 Å². The number of hydrogen-bond acceptors (Lipinski definition) is 2. The van der Waals surface area contributed by atoms with Crippen molar-refractivity contribution in [1.29, 1.82) is 0 Å². The van der Waals surface area contributed by atoms with Gasteiger partial charge in [0.1, 0.15) is 0 Å². The van der Waals surface area contributed by atoms with E-state index >= 15 is 0 Å². The third-order valence-corrected chi connectivity index (χ3v) is 2.67. The normalized spacial score (nSPS) is 10.0. The highest BCUT2D eigenvalue weighted by Crippen LogP contribution is 2.13. The summed E-state index contributed by atoms with van der Waals surface area (Å²) in [4.78, 5) is 22.1. The first-order valence-corrected chi connectivity index (χ1v) is 5.47. The predicted octanol–water partition coefficient (Wildman–Crippen LogP) is 2.01. The Morgan fingerprint density at radius 3 is 2.67 bits per heavy atom. The summed E-state index contributed by atoms with van der Waals surface area (Å²) >= 11 is 6.29. The van der Waals surface area contributed by atoms with Gasteiger partial charge in [0.15, 0.2) is 0 Å². The van der Waals surface area contributed by atoms with Gasteiger partial charge >= 0.3 is 5.97 Å². The molecule has 0 aliphatic rings. The summed E-state index contributed by atoms with van der Waals surface area (Å²) in [6.07, 6.45) is 1.52. The van der Waals surface area contributed by atoms with Crippen LogP contribution in [0.1, 0.15) is 0 Å². The van der Waals surface area contributed by atoms with Crippen molar-refractivity contribution in [1.82, 2.24) is 4.57 Å². The van der Waals surface area contributed by atoms with E-state index in [1.54, 1.807) is 6.07 Å². The number of hydrogen-bond donors (Lipinski definition) is 1. The third kappa shape index (κ3) is 3.04. The molecule has 1 N–H and O–H groups in total. The van der Waals surface area contributed by atoms with Crippen molar-refractivity contribution >= 4 is 37.8 Å². The van der Waals surface area contributed by atoms with Gasteiger partial charge in [0.05, 0.1) is 11.0 Å². The number of halogens is 2. The Kier molecular flexibility index (Phi) is 3.87. The summed E-state index contributed by atoms with van der Waals surface area (Å²) in [5, 5.41) is 8.63. The zero-order chi connectivity index (χ0) is 11.6. The van der Waals surface area contributed by atoms with Crippen LogP contribution in [0.4, 0.5) is 0 Å². The van der Waals surface area contributed by atoms with E-state index in [1.807, 2.05) is 0 Å². The summed E-state index contributed by atoms with van der Waals surface area (Å²) in [6.45, 7) is 3.32. The first kappa shape index (κ1) is 12.2. The van der Waals surface area contributed by atoms with Crippen LogP contribution in [0.5, 0.6) is 0 Å². The van der Waals surface area contributed by atoms with Gasteiger partial charge in [-0.2, -0.15) is 0 Å². The minimum atomic E-state index is -1.11. The standard InChI is InChI=1S/C9H7Br2NO3/c1-5(9(14)15)3-12-4-6(10)2-7(11)8(12)13/h2,4H,1,3H2,(H,14,15). The molecule has 0 aromatic carbocycles. The molecule has 0 saturated heterocycles. The van der Waals surface area contributed by atoms with Gasteiger partial charge in [-0.05, 0) is 37.9 Å². The molecule has 0 amide bonds. The fourth-order valence-electron chi connectivity index (χ4n) is 0.955. The van der Waals surface area contributed by atoms with Gasteiger partial charge in [-0.3, -0.25) is 4.79 Å². The molecule has 0 unspecified atom stereocenters. The quantitative estimate of drug-likeness (QED) is 0.859. The van der Waals surface area contributed by atoms with Crippen molar-refractivity contribution in [3.8, 4) is 0 Å². The number of aromatic nitrogens is 1. The molecule has 1 heterocycles. The molecule has 0 fully saturated rings. The van der Waals surface area contributed by atoms with Gasteiger partial charge in [0.25, 0.3) is 5.56 Å². The molecule has 6 heteroatoms. The second-order valence-electron chi connectivity index (χ2n) is 2.85. The zero-order valence-electron chi connectivity index (χ0n) is 7.54. The molecule has 0 aliphatic carbocycles. The SMILES string of the molecule is C=C(Cn1cc(Br)cc(Br)c1=O)C(=O)O. The van der Waals surface area contributed by atoms with Crippen LogP contribution in [0.25, 0.3) is 0 Å². The van der Waals surface area contributed by atoms with Gasteiger partial charge in [-0.15, -0.1) is 0 Å². The zero-order valence-corrected chi connectivity index (χ0v) is 10.7. The van der Waals surface area contributed by atoms with Crippen LogP contribution in [0, 0.1) is 0 Å². The van der Waals surface area contributed by atoms with Crippen LogP contribution < -0.4 is 5.56 Å². The second kappa shape index (κ2) is 4.76. The predicted molar refractivity (Wildman–Crippen MR) is 62.9 cm³/mol. The van der Waals surface area contributed by atoms with Crippen LogP contribution >= 0.6 is 31.9 Å².